The van der Waals surface area contributed by atoms with Crippen LogP contribution in [0.15, 0.2) is 48.9 Å². The lowest BCUT2D eigenvalue weighted by Crippen LogP contribution is -2.40. The van der Waals surface area contributed by atoms with Crippen LogP contribution in [0, 0.1) is 0 Å². The minimum absolute atomic E-state index is 0.0855. The van der Waals surface area contributed by atoms with Crippen molar-refractivity contribution in [1.82, 2.24) is 14.9 Å². The van der Waals surface area contributed by atoms with Gasteiger partial charge in [-0.05, 0) is 49.7 Å². The van der Waals surface area contributed by atoms with E-state index < -0.39 is 0 Å². The van der Waals surface area contributed by atoms with Gasteiger partial charge in [0, 0.05) is 31.2 Å². The predicted octanol–water partition coefficient (Wildman–Crippen LogP) is 2.43. The quantitative estimate of drug-likeness (QED) is 0.848. The highest BCUT2D eigenvalue weighted by molar-refractivity contribution is 5.13. The third kappa shape index (κ3) is 4.34. The smallest absolute Gasteiger partial charge is 0.0671 e. The third-order valence-corrected chi connectivity index (χ3v) is 3.85. The van der Waals surface area contributed by atoms with Gasteiger partial charge < -0.3 is 5.73 Å². The summed E-state index contributed by atoms with van der Waals surface area (Å²) in [6.07, 6.45) is 7.42. The van der Waals surface area contributed by atoms with Crippen molar-refractivity contribution in [2.45, 2.75) is 31.8 Å². The molecule has 0 bridgehead atoms. The first kappa shape index (κ1) is 15.6. The first-order valence-corrected chi connectivity index (χ1v) is 7.48. The molecule has 2 aromatic rings. The van der Waals surface area contributed by atoms with E-state index in [9.17, 15) is 0 Å². The summed E-state index contributed by atoms with van der Waals surface area (Å²) in [6.45, 7) is 3.07. The van der Waals surface area contributed by atoms with E-state index in [-0.39, 0.29) is 12.1 Å². The fraction of sp³-hybridized carbons (Fsp3) is 0.412. The van der Waals surface area contributed by atoms with E-state index in [2.05, 4.69) is 47.0 Å². The number of nitrogens with zero attached hydrogens (tertiary/aromatic N) is 3. The molecule has 0 spiro atoms. The minimum Gasteiger partial charge on any atom is -0.326 e. The average Bonchev–Trinajstić information content (AvgIpc) is 2.55. The first-order chi connectivity index (χ1) is 10.2. The average molecular weight is 284 g/mol. The fourth-order valence-corrected chi connectivity index (χ4v) is 2.54. The van der Waals surface area contributed by atoms with Crippen molar-refractivity contribution in [3.05, 3.63) is 60.2 Å². The van der Waals surface area contributed by atoms with Gasteiger partial charge in [0.05, 0.1) is 11.7 Å². The van der Waals surface area contributed by atoms with Crippen LogP contribution >= 0.6 is 0 Å². The Hall–Kier alpha value is -1.78. The van der Waals surface area contributed by atoms with Gasteiger partial charge in [-0.1, -0.05) is 13.0 Å². The number of likely N-dealkylation sites (N-methyl/N-ethyl adjacent to an activating group) is 1. The van der Waals surface area contributed by atoms with Crippen molar-refractivity contribution in [3.8, 4) is 0 Å². The zero-order valence-electron chi connectivity index (χ0n) is 12.8. The molecule has 21 heavy (non-hydrogen) atoms. The Kier molecular flexibility index (Phi) is 5.84. The Bertz CT molecular complexity index is 515. The van der Waals surface area contributed by atoms with E-state index in [1.54, 1.807) is 0 Å². The molecule has 0 aromatic carbocycles. The first-order valence-electron chi connectivity index (χ1n) is 7.48. The molecule has 4 heteroatoms. The summed E-state index contributed by atoms with van der Waals surface area (Å²) in [5.74, 6) is 0. The maximum absolute atomic E-state index is 6.33. The number of rotatable bonds is 7. The van der Waals surface area contributed by atoms with Crippen LogP contribution in [-0.2, 0) is 6.42 Å². The molecule has 2 heterocycles. The van der Waals surface area contributed by atoms with Crippen molar-refractivity contribution in [2.24, 2.45) is 5.73 Å². The normalized spacial score (nSPS) is 14.1. The minimum atomic E-state index is 0.0855. The maximum Gasteiger partial charge on any atom is 0.0671 e. The van der Waals surface area contributed by atoms with Crippen LogP contribution in [0.25, 0.3) is 0 Å². The van der Waals surface area contributed by atoms with Crippen LogP contribution in [0.4, 0.5) is 0 Å². The third-order valence-electron chi connectivity index (χ3n) is 3.85. The number of hydrogen-bond acceptors (Lipinski definition) is 4. The molecule has 0 aliphatic heterocycles. The number of nitrogens with two attached hydrogens (primary N) is 1. The molecular formula is C17H24N4. The SMILES string of the molecule is CCC(N)C(c1ccccn1)N(C)CCc1ccncc1. The second kappa shape index (κ2) is 7.86. The molecule has 4 nitrogen and oxygen atoms in total. The number of pyridine rings is 2. The molecule has 0 aliphatic carbocycles. The molecule has 0 saturated carbocycles. The zero-order chi connectivity index (χ0) is 15.1. The van der Waals surface area contributed by atoms with Gasteiger partial charge in [0.2, 0.25) is 0 Å². The van der Waals surface area contributed by atoms with E-state index in [1.807, 2.05) is 30.7 Å². The van der Waals surface area contributed by atoms with E-state index in [0.29, 0.717) is 0 Å². The van der Waals surface area contributed by atoms with Crippen molar-refractivity contribution < 1.29 is 0 Å². The molecule has 0 radical (unpaired) electrons. The molecule has 2 aromatic heterocycles. The van der Waals surface area contributed by atoms with Gasteiger partial charge in [-0.3, -0.25) is 14.9 Å². The Morgan fingerprint density at radius 2 is 1.90 bits per heavy atom. The molecule has 2 unspecified atom stereocenters. The highest BCUT2D eigenvalue weighted by Gasteiger charge is 2.23. The van der Waals surface area contributed by atoms with E-state index in [4.69, 9.17) is 5.73 Å². The number of aromatic nitrogens is 2. The van der Waals surface area contributed by atoms with Gasteiger partial charge in [-0.25, -0.2) is 0 Å². The Morgan fingerprint density at radius 1 is 1.14 bits per heavy atom. The van der Waals surface area contributed by atoms with Crippen LogP contribution in [0.3, 0.4) is 0 Å². The second-order valence-electron chi connectivity index (χ2n) is 5.36. The van der Waals surface area contributed by atoms with E-state index >= 15 is 0 Å². The summed E-state index contributed by atoms with van der Waals surface area (Å²) in [7, 11) is 2.12. The largest absolute Gasteiger partial charge is 0.326 e. The van der Waals surface area contributed by atoms with Gasteiger partial charge in [0.25, 0.3) is 0 Å². The van der Waals surface area contributed by atoms with Crippen molar-refractivity contribution in [1.29, 1.82) is 0 Å². The van der Waals surface area contributed by atoms with E-state index in [1.165, 1.54) is 5.56 Å². The molecule has 2 atom stereocenters. The predicted molar refractivity (Wildman–Crippen MR) is 85.8 cm³/mol. The molecule has 0 aliphatic rings. The molecular weight excluding hydrogens is 260 g/mol. The lowest BCUT2D eigenvalue weighted by Gasteiger charge is -2.32. The molecule has 112 valence electrons. The Balaban J connectivity index is 2.06. The van der Waals surface area contributed by atoms with Gasteiger partial charge in [-0.15, -0.1) is 0 Å². The lowest BCUT2D eigenvalue weighted by molar-refractivity contribution is 0.207. The Labute approximate surface area is 127 Å². The standard InChI is InChI=1S/C17H24N4/c1-3-15(18)17(16-6-4-5-10-20-16)21(2)13-9-14-7-11-19-12-8-14/h4-8,10-12,15,17H,3,9,13,18H2,1-2H3. The van der Waals surface area contributed by atoms with Crippen molar-refractivity contribution in [3.63, 3.8) is 0 Å². The number of hydrogen-bond donors (Lipinski definition) is 1. The van der Waals surface area contributed by atoms with Gasteiger partial charge >= 0.3 is 0 Å². The van der Waals surface area contributed by atoms with Gasteiger partial charge in [-0.2, -0.15) is 0 Å². The van der Waals surface area contributed by atoms with Crippen LogP contribution in [0.2, 0.25) is 0 Å². The molecule has 2 N–H and O–H groups in total. The molecule has 2 rings (SSSR count). The highest BCUT2D eigenvalue weighted by atomic mass is 15.2. The van der Waals surface area contributed by atoms with Crippen LogP contribution in [0.5, 0.6) is 0 Å². The van der Waals surface area contributed by atoms with E-state index in [0.717, 1.165) is 25.1 Å². The monoisotopic (exact) mass is 284 g/mol. The highest BCUT2D eigenvalue weighted by Crippen LogP contribution is 2.22. The summed E-state index contributed by atoms with van der Waals surface area (Å²) in [4.78, 5) is 10.8. The van der Waals surface area contributed by atoms with Crippen molar-refractivity contribution >= 4 is 0 Å². The molecule has 0 fully saturated rings. The zero-order valence-corrected chi connectivity index (χ0v) is 12.8. The molecule has 0 amide bonds. The van der Waals surface area contributed by atoms with Gasteiger partial charge in [0.15, 0.2) is 0 Å². The summed E-state index contributed by atoms with van der Waals surface area (Å²) in [5, 5.41) is 0. The summed E-state index contributed by atoms with van der Waals surface area (Å²) < 4.78 is 0. The second-order valence-corrected chi connectivity index (χ2v) is 5.36. The van der Waals surface area contributed by atoms with Crippen LogP contribution in [-0.4, -0.2) is 34.5 Å². The van der Waals surface area contributed by atoms with Crippen molar-refractivity contribution in [2.75, 3.05) is 13.6 Å². The van der Waals surface area contributed by atoms with Crippen LogP contribution in [0.1, 0.15) is 30.6 Å². The summed E-state index contributed by atoms with van der Waals surface area (Å²) >= 11 is 0. The van der Waals surface area contributed by atoms with Crippen LogP contribution < -0.4 is 5.73 Å². The summed E-state index contributed by atoms with van der Waals surface area (Å²) in [6, 6.07) is 10.4. The lowest BCUT2D eigenvalue weighted by atomic mass is 10.0. The maximum atomic E-state index is 6.33. The summed E-state index contributed by atoms with van der Waals surface area (Å²) in [5.41, 5.74) is 8.67. The topological polar surface area (TPSA) is 55.0 Å². The molecule has 0 saturated heterocycles. The Morgan fingerprint density at radius 3 is 2.52 bits per heavy atom. The fourth-order valence-electron chi connectivity index (χ4n) is 2.54. The van der Waals surface area contributed by atoms with Gasteiger partial charge in [0.1, 0.15) is 0 Å².